The van der Waals surface area contributed by atoms with Crippen molar-refractivity contribution >= 4 is 8.81 Å². The molecule has 0 spiro atoms. The summed E-state index contributed by atoms with van der Waals surface area (Å²) in [4.78, 5) is 0. The molecule has 0 aromatic heterocycles. The third-order valence-corrected chi connectivity index (χ3v) is 2.33. The molecule has 0 radical (unpaired) electrons. The summed E-state index contributed by atoms with van der Waals surface area (Å²) < 4.78 is 5.56. The van der Waals surface area contributed by atoms with Gasteiger partial charge >= 0.3 is 0 Å². The lowest BCUT2D eigenvalue weighted by Gasteiger charge is -2.22. The van der Waals surface area contributed by atoms with Crippen molar-refractivity contribution in [3.05, 3.63) is 0 Å². The second-order valence-electron chi connectivity index (χ2n) is 2.71. The molecule has 0 aromatic carbocycles. The Morgan fingerprint density at radius 2 is 1.89 bits per heavy atom. The van der Waals surface area contributed by atoms with Crippen LogP contribution in [0.15, 0.2) is 0 Å². The largest absolute Gasteiger partial charge is 0.357 e. The van der Waals surface area contributed by atoms with E-state index in [9.17, 15) is 0 Å². The van der Waals surface area contributed by atoms with E-state index in [0.29, 0.717) is 8.81 Å². The molecule has 0 bridgehead atoms. The van der Waals surface area contributed by atoms with Crippen LogP contribution in [0.1, 0.15) is 34.1 Å². The molecule has 0 aliphatic carbocycles. The fourth-order valence-corrected chi connectivity index (χ4v) is 1.02. The van der Waals surface area contributed by atoms with Gasteiger partial charge in [0.05, 0.1) is 5.60 Å². The maximum Gasteiger partial charge on any atom is 0.0663 e. The first kappa shape index (κ1) is 9.39. The molecule has 0 heterocycles. The average molecular weight is 148 g/mol. The molecule has 1 atom stereocenters. The second-order valence-corrected chi connectivity index (χ2v) is 3.91. The average Bonchev–Trinajstić information content (AvgIpc) is 1.84. The molecule has 0 aliphatic heterocycles. The van der Waals surface area contributed by atoms with Crippen LogP contribution in [0, 0.1) is 0 Å². The van der Waals surface area contributed by atoms with Crippen molar-refractivity contribution in [3.8, 4) is 0 Å². The van der Waals surface area contributed by atoms with Gasteiger partial charge in [0.1, 0.15) is 0 Å². The van der Waals surface area contributed by atoms with Gasteiger partial charge in [0.15, 0.2) is 0 Å². The third kappa shape index (κ3) is 4.87. The van der Waals surface area contributed by atoms with Crippen molar-refractivity contribution in [3.63, 3.8) is 0 Å². The van der Waals surface area contributed by atoms with Gasteiger partial charge in [0.25, 0.3) is 0 Å². The zero-order valence-corrected chi connectivity index (χ0v) is 7.82. The SMILES string of the molecule is CCPOC(C)(C)CC. The van der Waals surface area contributed by atoms with Crippen molar-refractivity contribution in [2.45, 2.75) is 39.7 Å². The first-order valence-corrected chi connectivity index (χ1v) is 4.64. The maximum absolute atomic E-state index is 5.56. The summed E-state index contributed by atoms with van der Waals surface area (Å²) in [6.45, 7) is 8.57. The number of hydrogen-bond donors (Lipinski definition) is 0. The zero-order chi connectivity index (χ0) is 7.33. The summed E-state index contributed by atoms with van der Waals surface area (Å²) in [5, 5.41) is 0. The molecule has 1 unspecified atom stereocenters. The molecule has 0 N–H and O–H groups in total. The van der Waals surface area contributed by atoms with Crippen LogP contribution >= 0.6 is 8.81 Å². The van der Waals surface area contributed by atoms with Gasteiger partial charge in [-0.05, 0) is 26.4 Å². The Morgan fingerprint density at radius 3 is 2.22 bits per heavy atom. The lowest BCUT2D eigenvalue weighted by molar-refractivity contribution is 0.129. The fraction of sp³-hybridized carbons (Fsp3) is 1.00. The topological polar surface area (TPSA) is 9.23 Å². The molecule has 0 saturated carbocycles. The first-order chi connectivity index (χ1) is 4.12. The monoisotopic (exact) mass is 148 g/mol. The van der Waals surface area contributed by atoms with Crippen LogP contribution in [-0.2, 0) is 4.52 Å². The van der Waals surface area contributed by atoms with E-state index in [1.807, 2.05) is 0 Å². The van der Waals surface area contributed by atoms with Gasteiger partial charge in [-0.3, -0.25) is 0 Å². The van der Waals surface area contributed by atoms with Gasteiger partial charge < -0.3 is 4.52 Å². The van der Waals surface area contributed by atoms with Gasteiger partial charge in [-0.15, -0.1) is 0 Å². The highest BCUT2D eigenvalue weighted by molar-refractivity contribution is 7.32. The van der Waals surface area contributed by atoms with Crippen LogP contribution in [0.2, 0.25) is 0 Å². The van der Waals surface area contributed by atoms with Crippen LogP contribution in [0.25, 0.3) is 0 Å². The highest BCUT2D eigenvalue weighted by atomic mass is 31.1. The molecule has 0 amide bonds. The van der Waals surface area contributed by atoms with Crippen molar-refractivity contribution in [2.24, 2.45) is 0 Å². The summed E-state index contributed by atoms with van der Waals surface area (Å²) in [6.07, 6.45) is 2.24. The Labute approximate surface area is 60.0 Å². The fourth-order valence-electron chi connectivity index (χ4n) is 0.340. The maximum atomic E-state index is 5.56. The normalized spacial score (nSPS) is 13.3. The third-order valence-electron chi connectivity index (χ3n) is 1.34. The Kier molecular flexibility index (Phi) is 4.43. The van der Waals surface area contributed by atoms with E-state index in [0.717, 1.165) is 12.6 Å². The van der Waals surface area contributed by atoms with E-state index < -0.39 is 0 Å². The van der Waals surface area contributed by atoms with Gasteiger partial charge in [-0.2, -0.15) is 0 Å². The summed E-state index contributed by atoms with van der Waals surface area (Å²) in [6, 6.07) is 0. The first-order valence-electron chi connectivity index (χ1n) is 3.53. The molecule has 0 aromatic rings. The quantitative estimate of drug-likeness (QED) is 0.557. The predicted molar refractivity (Wildman–Crippen MR) is 44.3 cm³/mol. The van der Waals surface area contributed by atoms with Crippen LogP contribution in [0.4, 0.5) is 0 Å². The molecular weight excluding hydrogens is 131 g/mol. The van der Waals surface area contributed by atoms with E-state index in [1.54, 1.807) is 0 Å². The minimum Gasteiger partial charge on any atom is -0.357 e. The van der Waals surface area contributed by atoms with Gasteiger partial charge in [-0.25, -0.2) is 0 Å². The zero-order valence-electron chi connectivity index (χ0n) is 6.82. The second kappa shape index (κ2) is 4.24. The Bertz CT molecular complexity index is 71.3. The molecule has 1 nitrogen and oxygen atoms in total. The van der Waals surface area contributed by atoms with Crippen molar-refractivity contribution in [2.75, 3.05) is 6.16 Å². The standard InChI is InChI=1S/C7H17OP/c1-5-7(3,4)8-9-6-2/h9H,5-6H2,1-4H3. The summed E-state index contributed by atoms with van der Waals surface area (Å²) in [7, 11) is 0.673. The Hall–Kier alpha value is 0.390. The molecule has 0 fully saturated rings. The van der Waals surface area contributed by atoms with Crippen molar-refractivity contribution in [1.82, 2.24) is 0 Å². The smallest absolute Gasteiger partial charge is 0.0663 e. The van der Waals surface area contributed by atoms with E-state index in [2.05, 4.69) is 27.7 Å². The summed E-state index contributed by atoms with van der Waals surface area (Å²) >= 11 is 0. The summed E-state index contributed by atoms with van der Waals surface area (Å²) in [5.41, 5.74) is 0.106. The van der Waals surface area contributed by atoms with Gasteiger partial charge in [0, 0.05) is 8.81 Å². The van der Waals surface area contributed by atoms with E-state index in [4.69, 9.17) is 4.52 Å². The highest BCUT2D eigenvalue weighted by Crippen LogP contribution is 2.24. The molecule has 2 heteroatoms. The van der Waals surface area contributed by atoms with E-state index in [-0.39, 0.29) is 5.60 Å². The molecular formula is C7H17OP. The van der Waals surface area contributed by atoms with E-state index in [1.165, 1.54) is 0 Å². The van der Waals surface area contributed by atoms with Crippen molar-refractivity contribution in [1.29, 1.82) is 0 Å². The lowest BCUT2D eigenvalue weighted by Crippen LogP contribution is -2.18. The molecule has 9 heavy (non-hydrogen) atoms. The molecule has 0 aliphatic rings. The molecule has 0 rings (SSSR count). The van der Waals surface area contributed by atoms with Crippen molar-refractivity contribution < 1.29 is 4.52 Å². The van der Waals surface area contributed by atoms with Crippen LogP contribution in [-0.4, -0.2) is 11.8 Å². The Morgan fingerprint density at radius 1 is 1.33 bits per heavy atom. The molecule has 0 saturated heterocycles. The van der Waals surface area contributed by atoms with E-state index >= 15 is 0 Å². The van der Waals surface area contributed by atoms with Gasteiger partial charge in [-0.1, -0.05) is 13.8 Å². The predicted octanol–water partition coefficient (Wildman–Crippen LogP) is 2.81. The van der Waals surface area contributed by atoms with Gasteiger partial charge in [0.2, 0.25) is 0 Å². The minimum absolute atomic E-state index is 0.106. The summed E-state index contributed by atoms with van der Waals surface area (Å²) in [5.74, 6) is 0. The number of hydrogen-bond acceptors (Lipinski definition) is 1. The number of rotatable bonds is 4. The Balaban J connectivity index is 3.33. The van der Waals surface area contributed by atoms with Crippen LogP contribution < -0.4 is 0 Å². The van der Waals surface area contributed by atoms with Crippen LogP contribution in [0.5, 0.6) is 0 Å². The minimum atomic E-state index is 0.106. The molecule has 56 valence electrons. The lowest BCUT2D eigenvalue weighted by atomic mass is 10.1. The highest BCUT2D eigenvalue weighted by Gasteiger charge is 2.13. The van der Waals surface area contributed by atoms with Crippen LogP contribution in [0.3, 0.4) is 0 Å².